The fraction of sp³-hybridized carbons (Fsp3) is 0.500. The van der Waals surface area contributed by atoms with Crippen molar-refractivity contribution >= 4 is 11.6 Å². The second-order valence-corrected chi connectivity index (χ2v) is 5.37. The van der Waals surface area contributed by atoms with Crippen LogP contribution >= 0.6 is 0 Å². The van der Waals surface area contributed by atoms with E-state index in [1.807, 2.05) is 19.2 Å². The first kappa shape index (κ1) is 11.5. The molecule has 1 saturated carbocycles. The van der Waals surface area contributed by atoms with Crippen molar-refractivity contribution in [3.8, 4) is 5.75 Å². The fourth-order valence-electron chi connectivity index (χ4n) is 2.64. The molecule has 0 aromatic heterocycles. The van der Waals surface area contributed by atoms with Crippen molar-refractivity contribution in [2.75, 3.05) is 25.5 Å². The molecule has 18 heavy (non-hydrogen) atoms. The van der Waals surface area contributed by atoms with Gasteiger partial charge in [0.05, 0.1) is 5.69 Å². The molecule has 0 atom stereocenters. The number of carbonyl (C=O) groups is 1. The predicted octanol–water partition coefficient (Wildman–Crippen LogP) is 1.56. The Labute approximate surface area is 107 Å². The summed E-state index contributed by atoms with van der Waals surface area (Å²) in [6, 6.07) is 6.10. The minimum Gasteiger partial charge on any atom is -0.482 e. The number of fused-ring (bicyclic) bond motifs is 1. The van der Waals surface area contributed by atoms with Gasteiger partial charge in [0.15, 0.2) is 6.61 Å². The van der Waals surface area contributed by atoms with Gasteiger partial charge in [-0.2, -0.15) is 0 Å². The summed E-state index contributed by atoms with van der Waals surface area (Å²) in [5.74, 6) is 0.702. The molecule has 1 amide bonds. The second-order valence-electron chi connectivity index (χ2n) is 5.37. The van der Waals surface area contributed by atoms with Gasteiger partial charge in [0.2, 0.25) is 0 Å². The van der Waals surface area contributed by atoms with Crippen molar-refractivity contribution in [1.29, 1.82) is 0 Å². The van der Waals surface area contributed by atoms with Crippen LogP contribution in [-0.2, 0) is 11.2 Å². The van der Waals surface area contributed by atoms with E-state index in [4.69, 9.17) is 4.74 Å². The molecule has 0 bridgehead atoms. The van der Waals surface area contributed by atoms with Gasteiger partial charge in [0.25, 0.3) is 5.91 Å². The average Bonchev–Trinajstić information content (AvgIpc) is 3.09. The van der Waals surface area contributed by atoms with Gasteiger partial charge >= 0.3 is 0 Å². The zero-order valence-corrected chi connectivity index (χ0v) is 10.6. The van der Waals surface area contributed by atoms with E-state index in [0.29, 0.717) is 5.41 Å². The number of hydrogen-bond acceptors (Lipinski definition) is 3. The molecule has 1 heterocycles. The summed E-state index contributed by atoms with van der Waals surface area (Å²) in [5.41, 5.74) is 2.51. The normalized spacial score (nSPS) is 19.7. The largest absolute Gasteiger partial charge is 0.482 e. The zero-order chi connectivity index (χ0) is 12.6. The first-order valence-corrected chi connectivity index (χ1v) is 6.41. The Morgan fingerprint density at radius 1 is 1.44 bits per heavy atom. The van der Waals surface area contributed by atoms with Crippen LogP contribution < -0.4 is 15.4 Å². The highest BCUT2D eigenvalue weighted by molar-refractivity contribution is 5.95. The van der Waals surface area contributed by atoms with E-state index in [0.717, 1.165) is 24.4 Å². The lowest BCUT2D eigenvalue weighted by molar-refractivity contribution is -0.118. The summed E-state index contributed by atoms with van der Waals surface area (Å²) in [5, 5.41) is 6.12. The molecule has 1 aliphatic heterocycles. The van der Waals surface area contributed by atoms with Crippen LogP contribution in [0.2, 0.25) is 0 Å². The number of carbonyl (C=O) groups excluding carboxylic acids is 1. The monoisotopic (exact) mass is 246 g/mol. The van der Waals surface area contributed by atoms with Crippen LogP contribution in [0.25, 0.3) is 0 Å². The third kappa shape index (κ3) is 2.20. The number of rotatable bonds is 4. The number of nitrogens with one attached hydrogen (secondary N) is 2. The van der Waals surface area contributed by atoms with Crippen molar-refractivity contribution < 1.29 is 9.53 Å². The Morgan fingerprint density at radius 3 is 3.00 bits per heavy atom. The van der Waals surface area contributed by atoms with Crippen LogP contribution in [-0.4, -0.2) is 26.1 Å². The fourth-order valence-corrected chi connectivity index (χ4v) is 2.64. The first-order chi connectivity index (χ1) is 8.71. The SMILES string of the molecule is CNCC1(Cc2ccc3c(c2)NC(=O)CO3)CC1. The van der Waals surface area contributed by atoms with Crippen molar-refractivity contribution in [3.63, 3.8) is 0 Å². The Balaban J connectivity index is 1.78. The molecular formula is C14H18N2O2. The molecule has 1 aromatic carbocycles. The lowest BCUT2D eigenvalue weighted by Crippen LogP contribution is -2.26. The van der Waals surface area contributed by atoms with Crippen LogP contribution in [0.3, 0.4) is 0 Å². The van der Waals surface area contributed by atoms with E-state index in [1.54, 1.807) is 0 Å². The molecule has 3 rings (SSSR count). The lowest BCUT2D eigenvalue weighted by Gasteiger charge is -2.20. The Morgan fingerprint density at radius 2 is 2.28 bits per heavy atom. The Bertz CT molecular complexity index is 481. The standard InChI is InChI=1S/C14H18N2O2/c1-15-9-14(4-5-14)7-10-2-3-12-11(6-10)16-13(17)8-18-12/h2-3,6,15H,4-5,7-9H2,1H3,(H,16,17). The van der Waals surface area contributed by atoms with Crippen LogP contribution in [0.4, 0.5) is 5.69 Å². The van der Waals surface area contributed by atoms with Gasteiger partial charge in [-0.3, -0.25) is 4.79 Å². The molecule has 1 fully saturated rings. The number of amides is 1. The van der Waals surface area contributed by atoms with Crippen LogP contribution in [0.5, 0.6) is 5.75 Å². The molecule has 4 heteroatoms. The topological polar surface area (TPSA) is 50.4 Å². The summed E-state index contributed by atoms with van der Waals surface area (Å²) < 4.78 is 5.36. The number of anilines is 1. The summed E-state index contributed by atoms with van der Waals surface area (Å²) in [7, 11) is 2.00. The van der Waals surface area contributed by atoms with E-state index < -0.39 is 0 Å². The van der Waals surface area contributed by atoms with Crippen molar-refractivity contribution in [3.05, 3.63) is 23.8 Å². The maximum Gasteiger partial charge on any atom is 0.262 e. The Kier molecular flexibility index (Phi) is 2.74. The zero-order valence-electron chi connectivity index (χ0n) is 10.6. The molecule has 2 N–H and O–H groups in total. The number of benzene rings is 1. The maximum absolute atomic E-state index is 11.3. The predicted molar refractivity (Wildman–Crippen MR) is 69.9 cm³/mol. The molecule has 0 saturated heterocycles. The maximum atomic E-state index is 11.3. The quantitative estimate of drug-likeness (QED) is 0.847. The third-order valence-electron chi connectivity index (χ3n) is 3.76. The molecule has 2 aliphatic rings. The van der Waals surface area contributed by atoms with Crippen LogP contribution in [0.15, 0.2) is 18.2 Å². The van der Waals surface area contributed by atoms with Gasteiger partial charge in [-0.25, -0.2) is 0 Å². The van der Waals surface area contributed by atoms with E-state index in [-0.39, 0.29) is 12.5 Å². The highest BCUT2D eigenvalue weighted by Gasteiger charge is 2.41. The first-order valence-electron chi connectivity index (χ1n) is 6.41. The van der Waals surface area contributed by atoms with Crippen molar-refractivity contribution in [1.82, 2.24) is 5.32 Å². The molecule has 0 radical (unpaired) electrons. The van der Waals surface area contributed by atoms with E-state index >= 15 is 0 Å². The molecule has 96 valence electrons. The molecule has 4 nitrogen and oxygen atoms in total. The smallest absolute Gasteiger partial charge is 0.262 e. The minimum atomic E-state index is -0.0731. The van der Waals surface area contributed by atoms with Gasteiger partial charge < -0.3 is 15.4 Å². The summed E-state index contributed by atoms with van der Waals surface area (Å²) in [6.07, 6.45) is 3.64. The molecule has 1 aliphatic carbocycles. The molecular weight excluding hydrogens is 228 g/mol. The van der Waals surface area contributed by atoms with E-state index in [9.17, 15) is 4.79 Å². The van der Waals surface area contributed by atoms with Crippen LogP contribution in [0.1, 0.15) is 18.4 Å². The summed E-state index contributed by atoms with van der Waals surface area (Å²) in [4.78, 5) is 11.3. The van der Waals surface area contributed by atoms with Crippen LogP contribution in [0, 0.1) is 5.41 Å². The minimum absolute atomic E-state index is 0.0731. The van der Waals surface area contributed by atoms with Gasteiger partial charge in [-0.05, 0) is 49.4 Å². The highest BCUT2D eigenvalue weighted by Crippen LogP contribution is 2.48. The number of ether oxygens (including phenoxy) is 1. The van der Waals surface area contributed by atoms with E-state index in [1.165, 1.54) is 18.4 Å². The number of hydrogen-bond donors (Lipinski definition) is 2. The third-order valence-corrected chi connectivity index (χ3v) is 3.76. The van der Waals surface area contributed by atoms with E-state index in [2.05, 4.69) is 16.7 Å². The van der Waals surface area contributed by atoms with Gasteiger partial charge in [-0.15, -0.1) is 0 Å². The molecule has 0 unspecified atom stereocenters. The lowest BCUT2D eigenvalue weighted by atomic mass is 9.96. The highest BCUT2D eigenvalue weighted by atomic mass is 16.5. The molecule has 1 aromatic rings. The van der Waals surface area contributed by atoms with Crippen molar-refractivity contribution in [2.45, 2.75) is 19.3 Å². The van der Waals surface area contributed by atoms with Gasteiger partial charge in [-0.1, -0.05) is 6.07 Å². The van der Waals surface area contributed by atoms with Gasteiger partial charge in [0.1, 0.15) is 5.75 Å². The van der Waals surface area contributed by atoms with Gasteiger partial charge in [0, 0.05) is 6.54 Å². The average molecular weight is 246 g/mol. The molecule has 0 spiro atoms. The van der Waals surface area contributed by atoms with Crippen molar-refractivity contribution in [2.24, 2.45) is 5.41 Å². The second kappa shape index (κ2) is 4.28. The summed E-state index contributed by atoms with van der Waals surface area (Å²) >= 11 is 0. The Hall–Kier alpha value is -1.55. The summed E-state index contributed by atoms with van der Waals surface area (Å²) in [6.45, 7) is 1.18.